The van der Waals surface area contributed by atoms with E-state index in [9.17, 15) is 19.2 Å². The third-order valence-electron chi connectivity index (χ3n) is 6.13. The van der Waals surface area contributed by atoms with E-state index in [2.05, 4.69) is 10.6 Å². The second-order valence-electron chi connectivity index (χ2n) is 8.25. The molecule has 2 amide bonds. The molecule has 0 saturated carbocycles. The molecule has 2 aromatic rings. The maximum absolute atomic E-state index is 11.7. The summed E-state index contributed by atoms with van der Waals surface area (Å²) >= 11 is 0. The Hall–Kier alpha value is -3.68. The summed E-state index contributed by atoms with van der Waals surface area (Å²) in [6, 6.07) is 18.5. The molecule has 0 spiro atoms. The van der Waals surface area contributed by atoms with Gasteiger partial charge in [-0.2, -0.15) is 0 Å². The van der Waals surface area contributed by atoms with Crippen LogP contribution in [0, 0.1) is 11.8 Å². The van der Waals surface area contributed by atoms with Gasteiger partial charge in [0.15, 0.2) is 0 Å². The average molecular weight is 467 g/mol. The lowest BCUT2D eigenvalue weighted by atomic mass is 9.86. The van der Waals surface area contributed by atoms with E-state index in [0.717, 1.165) is 11.1 Å². The van der Waals surface area contributed by atoms with Gasteiger partial charge in [-0.1, -0.05) is 60.7 Å². The zero-order chi connectivity index (χ0) is 24.5. The minimum atomic E-state index is -0.292. The molecule has 2 heterocycles. The molecule has 2 N–H and O–H groups in total. The highest BCUT2D eigenvalue weighted by atomic mass is 16.5. The summed E-state index contributed by atoms with van der Waals surface area (Å²) in [5.74, 6) is -1.14. The van der Waals surface area contributed by atoms with Crippen molar-refractivity contribution in [3.05, 3.63) is 71.8 Å². The fraction of sp³-hybridized carbons (Fsp3) is 0.385. The summed E-state index contributed by atoms with van der Waals surface area (Å²) in [5.41, 5.74) is 1.88. The molecule has 0 aliphatic carbocycles. The molecule has 0 unspecified atom stereocenters. The molecule has 180 valence electrons. The first-order valence-electron chi connectivity index (χ1n) is 11.3. The molecule has 2 fully saturated rings. The van der Waals surface area contributed by atoms with Crippen LogP contribution in [0.4, 0.5) is 0 Å². The van der Waals surface area contributed by atoms with E-state index in [0.29, 0.717) is 25.7 Å². The number of carbonyl (C=O) groups is 4. The zero-order valence-corrected chi connectivity index (χ0v) is 19.4. The van der Waals surface area contributed by atoms with Gasteiger partial charge < -0.3 is 20.1 Å². The Kier molecular flexibility index (Phi) is 8.79. The second-order valence-corrected chi connectivity index (χ2v) is 8.25. The molecule has 4 atom stereocenters. The zero-order valence-electron chi connectivity index (χ0n) is 19.4. The van der Waals surface area contributed by atoms with Crippen molar-refractivity contribution in [1.29, 1.82) is 0 Å². The Bertz CT molecular complexity index is 913. The maximum atomic E-state index is 11.7. The number of carbonyl (C=O) groups excluding carboxylic acids is 4. The van der Waals surface area contributed by atoms with Gasteiger partial charge in [-0.15, -0.1) is 0 Å². The van der Waals surface area contributed by atoms with Crippen molar-refractivity contribution < 1.29 is 28.7 Å². The lowest BCUT2D eigenvalue weighted by molar-refractivity contribution is -0.150. The molecule has 2 aliphatic heterocycles. The van der Waals surface area contributed by atoms with Gasteiger partial charge >= 0.3 is 11.9 Å². The number of hydrogen-bond donors (Lipinski definition) is 2. The molecule has 8 heteroatoms. The van der Waals surface area contributed by atoms with E-state index in [1.54, 1.807) is 0 Å². The van der Waals surface area contributed by atoms with Gasteiger partial charge in [0.25, 0.3) is 0 Å². The number of esters is 2. The van der Waals surface area contributed by atoms with Crippen molar-refractivity contribution >= 4 is 23.8 Å². The Balaban J connectivity index is 0.000000191. The molecular formula is C26H30N2O6. The number of amides is 2. The van der Waals surface area contributed by atoms with E-state index < -0.39 is 0 Å². The van der Waals surface area contributed by atoms with Crippen molar-refractivity contribution in [2.45, 2.75) is 37.8 Å². The average Bonchev–Trinajstić information content (AvgIpc) is 2.89. The summed E-state index contributed by atoms with van der Waals surface area (Å²) in [6.45, 7) is 0. The molecule has 0 bridgehead atoms. The number of rotatable bonds is 4. The third-order valence-corrected chi connectivity index (χ3v) is 6.13. The quantitative estimate of drug-likeness (QED) is 0.671. The van der Waals surface area contributed by atoms with Crippen molar-refractivity contribution in [2.75, 3.05) is 14.2 Å². The second kappa shape index (κ2) is 12.0. The van der Waals surface area contributed by atoms with Crippen LogP contribution in [-0.4, -0.2) is 38.0 Å². The van der Waals surface area contributed by atoms with Crippen LogP contribution >= 0.6 is 0 Å². The summed E-state index contributed by atoms with van der Waals surface area (Å²) in [5, 5.41) is 5.72. The smallest absolute Gasteiger partial charge is 0.311 e. The Morgan fingerprint density at radius 1 is 0.676 bits per heavy atom. The van der Waals surface area contributed by atoms with Crippen LogP contribution < -0.4 is 10.6 Å². The molecule has 2 aliphatic rings. The summed E-state index contributed by atoms with van der Waals surface area (Å²) in [4.78, 5) is 46.2. The van der Waals surface area contributed by atoms with E-state index in [1.807, 2.05) is 60.7 Å². The predicted octanol–water partition coefficient (Wildman–Crippen LogP) is 2.85. The van der Waals surface area contributed by atoms with Crippen LogP contribution in [0.3, 0.4) is 0 Å². The number of methoxy groups -OCH3 is 2. The summed E-state index contributed by atoms with van der Waals surface area (Å²) < 4.78 is 9.57. The molecular weight excluding hydrogens is 436 g/mol. The van der Waals surface area contributed by atoms with Crippen LogP contribution in [0.15, 0.2) is 60.7 Å². The fourth-order valence-electron chi connectivity index (χ4n) is 4.36. The molecule has 8 nitrogen and oxygen atoms in total. The van der Waals surface area contributed by atoms with Crippen molar-refractivity contribution in [2.24, 2.45) is 11.8 Å². The van der Waals surface area contributed by atoms with Gasteiger partial charge in [-0.3, -0.25) is 19.2 Å². The minimum absolute atomic E-state index is 0.0148. The Morgan fingerprint density at radius 2 is 1.03 bits per heavy atom. The van der Waals surface area contributed by atoms with Gasteiger partial charge in [-0.05, 0) is 24.0 Å². The lowest BCUT2D eigenvalue weighted by Crippen LogP contribution is -2.42. The molecule has 4 rings (SSSR count). The van der Waals surface area contributed by atoms with E-state index in [4.69, 9.17) is 9.47 Å². The highest BCUT2D eigenvalue weighted by Gasteiger charge is 2.36. The molecule has 0 aromatic heterocycles. The number of ether oxygens (including phenoxy) is 2. The topological polar surface area (TPSA) is 111 Å². The van der Waals surface area contributed by atoms with Crippen LogP contribution in [0.5, 0.6) is 0 Å². The highest BCUT2D eigenvalue weighted by molar-refractivity contribution is 5.83. The van der Waals surface area contributed by atoms with E-state index >= 15 is 0 Å². The Labute approximate surface area is 199 Å². The van der Waals surface area contributed by atoms with E-state index in [-0.39, 0.29) is 47.7 Å². The lowest BCUT2D eigenvalue weighted by Gasteiger charge is -2.30. The van der Waals surface area contributed by atoms with Gasteiger partial charge in [0.05, 0.1) is 38.1 Å². The minimum Gasteiger partial charge on any atom is -0.469 e. The van der Waals surface area contributed by atoms with Gasteiger partial charge in [0, 0.05) is 12.8 Å². The third kappa shape index (κ3) is 6.21. The molecule has 34 heavy (non-hydrogen) atoms. The normalized spacial score (nSPS) is 23.9. The standard InChI is InChI=1S/2C13H15NO3/c2*1-17-13(16)10-7-8-11(15)14-12(10)9-5-3-2-4-6-9/h2*2-6,10,12H,7-8H2,1H3,(H,14,15)/t2*10-,12+/m00/s1. The fourth-order valence-corrected chi connectivity index (χ4v) is 4.36. The SMILES string of the molecule is COC(=O)[C@H]1CCC(=O)N[C@@H]1c1ccccc1.COC(=O)[C@H]1CCC(=O)N[C@@H]1c1ccccc1. The Morgan fingerprint density at radius 3 is 1.35 bits per heavy atom. The first-order valence-corrected chi connectivity index (χ1v) is 11.3. The van der Waals surface area contributed by atoms with Crippen LogP contribution in [0.25, 0.3) is 0 Å². The number of nitrogens with one attached hydrogen (secondary N) is 2. The van der Waals surface area contributed by atoms with Crippen LogP contribution in [0.1, 0.15) is 48.9 Å². The highest BCUT2D eigenvalue weighted by Crippen LogP contribution is 2.31. The number of piperidine rings is 2. The molecule has 0 radical (unpaired) electrons. The van der Waals surface area contributed by atoms with Crippen LogP contribution in [-0.2, 0) is 28.7 Å². The van der Waals surface area contributed by atoms with Crippen LogP contribution in [0.2, 0.25) is 0 Å². The van der Waals surface area contributed by atoms with Crippen molar-refractivity contribution in [3.8, 4) is 0 Å². The largest absolute Gasteiger partial charge is 0.469 e. The summed E-state index contributed by atoms with van der Waals surface area (Å²) in [7, 11) is 2.75. The molecule has 2 aromatic carbocycles. The van der Waals surface area contributed by atoms with Gasteiger partial charge in [0.2, 0.25) is 11.8 Å². The van der Waals surface area contributed by atoms with Gasteiger partial charge in [0.1, 0.15) is 0 Å². The van der Waals surface area contributed by atoms with Crippen molar-refractivity contribution in [1.82, 2.24) is 10.6 Å². The first kappa shape index (κ1) is 25.0. The first-order chi connectivity index (χ1) is 16.4. The maximum Gasteiger partial charge on any atom is 0.311 e. The number of benzene rings is 2. The number of hydrogen-bond acceptors (Lipinski definition) is 6. The van der Waals surface area contributed by atoms with Gasteiger partial charge in [-0.25, -0.2) is 0 Å². The summed E-state index contributed by atoms with van der Waals surface area (Å²) in [6.07, 6.45) is 1.84. The molecule has 2 saturated heterocycles. The predicted molar refractivity (Wildman–Crippen MR) is 124 cm³/mol. The van der Waals surface area contributed by atoms with E-state index in [1.165, 1.54) is 14.2 Å². The van der Waals surface area contributed by atoms with Crippen molar-refractivity contribution in [3.63, 3.8) is 0 Å². The monoisotopic (exact) mass is 466 g/mol.